The number of methoxy groups -OCH3 is 2. The third-order valence-electron chi connectivity index (χ3n) is 5.05. The maximum atomic E-state index is 12.5. The molecule has 0 aliphatic carbocycles. The van der Waals surface area contributed by atoms with Gasteiger partial charge in [-0.05, 0) is 23.3 Å². The Kier molecular flexibility index (Phi) is 9.41. The lowest BCUT2D eigenvalue weighted by Crippen LogP contribution is -2.20. The van der Waals surface area contributed by atoms with E-state index >= 15 is 0 Å². The van der Waals surface area contributed by atoms with Gasteiger partial charge in [0.2, 0.25) is 0 Å². The third-order valence-corrected chi connectivity index (χ3v) is 5.05. The van der Waals surface area contributed by atoms with Gasteiger partial charge < -0.3 is 24.4 Å². The van der Waals surface area contributed by atoms with Crippen molar-refractivity contribution < 1.29 is 43.6 Å². The number of carbonyl (C=O) groups is 4. The van der Waals surface area contributed by atoms with Crippen molar-refractivity contribution in [1.82, 2.24) is 0 Å². The van der Waals surface area contributed by atoms with Crippen LogP contribution in [-0.2, 0) is 23.9 Å². The van der Waals surface area contributed by atoms with Crippen molar-refractivity contribution in [2.45, 2.75) is 37.5 Å². The molecule has 176 valence electrons. The van der Waals surface area contributed by atoms with E-state index < -0.39 is 35.7 Å². The largest absolute Gasteiger partial charge is 0.496 e. The van der Waals surface area contributed by atoms with Gasteiger partial charge in [-0.25, -0.2) is 0 Å². The molecule has 0 saturated carbocycles. The Hall–Kier alpha value is -3.88. The van der Waals surface area contributed by atoms with Crippen LogP contribution in [0.2, 0.25) is 0 Å². The predicted octanol–water partition coefficient (Wildman–Crippen LogP) is 3.37. The molecule has 2 aromatic rings. The highest BCUT2D eigenvalue weighted by atomic mass is 16.6. The van der Waals surface area contributed by atoms with Gasteiger partial charge in [0.05, 0.1) is 39.9 Å². The fourth-order valence-electron chi connectivity index (χ4n) is 3.63. The first-order chi connectivity index (χ1) is 15.7. The van der Waals surface area contributed by atoms with E-state index in [9.17, 15) is 29.4 Å². The molecule has 0 bridgehead atoms. The zero-order valence-electron chi connectivity index (χ0n) is 18.4. The number of carboxylic acid groups (broad SMARTS) is 2. The lowest BCUT2D eigenvalue weighted by molar-refractivity contribution is -0.160. The molecule has 0 saturated heterocycles. The Labute approximate surface area is 190 Å². The molecule has 2 atom stereocenters. The van der Waals surface area contributed by atoms with E-state index in [4.69, 9.17) is 14.2 Å². The van der Waals surface area contributed by atoms with Gasteiger partial charge in [0.25, 0.3) is 0 Å². The molecule has 0 aromatic heterocycles. The van der Waals surface area contributed by atoms with Crippen molar-refractivity contribution in [3.05, 3.63) is 59.7 Å². The first-order valence-corrected chi connectivity index (χ1v) is 10.2. The minimum atomic E-state index is -1.12. The van der Waals surface area contributed by atoms with Crippen LogP contribution in [0.3, 0.4) is 0 Å². The summed E-state index contributed by atoms with van der Waals surface area (Å²) in [5, 5.41) is 18.5. The van der Waals surface area contributed by atoms with E-state index in [2.05, 4.69) is 0 Å². The topological polar surface area (TPSA) is 136 Å². The van der Waals surface area contributed by atoms with Gasteiger partial charge >= 0.3 is 23.9 Å². The molecule has 0 spiro atoms. The van der Waals surface area contributed by atoms with Gasteiger partial charge in [-0.15, -0.1) is 0 Å². The van der Waals surface area contributed by atoms with Crippen molar-refractivity contribution in [2.24, 2.45) is 0 Å². The Morgan fingerprint density at radius 1 is 0.667 bits per heavy atom. The molecule has 0 heterocycles. The fourth-order valence-corrected chi connectivity index (χ4v) is 3.63. The molecule has 33 heavy (non-hydrogen) atoms. The number of esters is 2. The van der Waals surface area contributed by atoms with Crippen LogP contribution in [-0.4, -0.2) is 48.3 Å². The van der Waals surface area contributed by atoms with Crippen LogP contribution in [0.1, 0.15) is 48.6 Å². The van der Waals surface area contributed by atoms with E-state index in [0.717, 1.165) is 0 Å². The number of hydrogen-bond donors (Lipinski definition) is 2. The molecule has 0 aliphatic heterocycles. The molecule has 0 fully saturated rings. The average molecular weight is 458 g/mol. The molecule has 2 N–H and O–H groups in total. The maximum absolute atomic E-state index is 12.5. The quantitative estimate of drug-likeness (QED) is 0.362. The highest BCUT2D eigenvalue weighted by molar-refractivity contribution is 5.87. The number of aliphatic carboxylic acids is 2. The minimum Gasteiger partial charge on any atom is -0.496 e. The summed E-state index contributed by atoms with van der Waals surface area (Å²) in [7, 11) is 2.86. The number of benzene rings is 2. The van der Waals surface area contributed by atoms with Gasteiger partial charge in [0.1, 0.15) is 11.5 Å². The second-order valence-corrected chi connectivity index (χ2v) is 7.33. The van der Waals surface area contributed by atoms with Crippen LogP contribution in [0, 0.1) is 0 Å². The molecular formula is C24H26O9. The SMILES string of the molecule is COc1ccccc1C(CC(=O)O)CC(=O)OC(=O)CC(CC(=O)O)c1ccccc1OC. The number of para-hydroxylation sites is 2. The normalized spacial score (nSPS) is 12.3. The van der Waals surface area contributed by atoms with E-state index in [1.807, 2.05) is 0 Å². The Morgan fingerprint density at radius 3 is 1.36 bits per heavy atom. The van der Waals surface area contributed by atoms with Crippen molar-refractivity contribution in [2.75, 3.05) is 14.2 Å². The molecule has 0 aliphatic rings. The summed E-state index contributed by atoms with van der Waals surface area (Å²) in [5.41, 5.74) is 1.01. The molecule has 9 nitrogen and oxygen atoms in total. The number of carboxylic acids is 2. The van der Waals surface area contributed by atoms with Crippen molar-refractivity contribution in [3.8, 4) is 11.5 Å². The predicted molar refractivity (Wildman–Crippen MR) is 116 cm³/mol. The molecule has 9 heteroatoms. The fraction of sp³-hybridized carbons (Fsp3) is 0.333. The average Bonchev–Trinajstić information content (AvgIpc) is 2.77. The Morgan fingerprint density at radius 2 is 1.03 bits per heavy atom. The Bertz CT molecular complexity index is 919. The first-order valence-electron chi connectivity index (χ1n) is 10.2. The van der Waals surface area contributed by atoms with Crippen molar-refractivity contribution in [1.29, 1.82) is 0 Å². The molecule has 2 aromatic carbocycles. The molecule has 0 radical (unpaired) electrons. The van der Waals surface area contributed by atoms with E-state index in [0.29, 0.717) is 22.6 Å². The summed E-state index contributed by atoms with van der Waals surface area (Å²) < 4.78 is 15.4. The summed E-state index contributed by atoms with van der Waals surface area (Å²) in [6, 6.07) is 13.4. The van der Waals surface area contributed by atoms with Crippen molar-refractivity contribution in [3.63, 3.8) is 0 Å². The van der Waals surface area contributed by atoms with Crippen LogP contribution < -0.4 is 9.47 Å². The number of carbonyl (C=O) groups excluding carboxylic acids is 2. The standard InChI is InChI=1S/C24H26O9/c1-31-19-9-5-3-7-17(19)15(11-21(25)26)13-23(29)33-24(30)14-16(12-22(27)28)18-8-4-6-10-20(18)32-2/h3-10,15-16H,11-14H2,1-2H3,(H,25,26)(H,27,28). The molecular weight excluding hydrogens is 432 g/mol. The summed E-state index contributed by atoms with van der Waals surface area (Å²) in [4.78, 5) is 47.6. The smallest absolute Gasteiger partial charge is 0.314 e. The van der Waals surface area contributed by atoms with Crippen LogP contribution in [0.4, 0.5) is 0 Å². The van der Waals surface area contributed by atoms with Crippen LogP contribution in [0.25, 0.3) is 0 Å². The number of rotatable bonds is 12. The molecule has 2 unspecified atom stereocenters. The molecule has 2 rings (SSSR count). The van der Waals surface area contributed by atoms with E-state index in [-0.39, 0.29) is 25.7 Å². The Balaban J connectivity index is 2.13. The zero-order chi connectivity index (χ0) is 24.4. The summed E-state index contributed by atoms with van der Waals surface area (Å²) in [5.74, 6) is -4.78. The number of ether oxygens (including phenoxy) is 3. The third kappa shape index (κ3) is 7.64. The second-order valence-electron chi connectivity index (χ2n) is 7.33. The van der Waals surface area contributed by atoms with Gasteiger partial charge in [-0.1, -0.05) is 36.4 Å². The van der Waals surface area contributed by atoms with Gasteiger partial charge in [-0.3, -0.25) is 19.2 Å². The minimum absolute atomic E-state index is 0.364. The zero-order valence-corrected chi connectivity index (χ0v) is 18.4. The van der Waals surface area contributed by atoms with Crippen LogP contribution in [0.15, 0.2) is 48.5 Å². The monoisotopic (exact) mass is 458 g/mol. The second kappa shape index (κ2) is 12.2. The summed E-state index contributed by atoms with van der Waals surface area (Å²) in [6.45, 7) is 0. The summed E-state index contributed by atoms with van der Waals surface area (Å²) >= 11 is 0. The maximum Gasteiger partial charge on any atom is 0.314 e. The molecule has 0 amide bonds. The van der Waals surface area contributed by atoms with E-state index in [1.165, 1.54) is 14.2 Å². The van der Waals surface area contributed by atoms with Gasteiger partial charge in [-0.2, -0.15) is 0 Å². The summed E-state index contributed by atoms with van der Waals surface area (Å²) in [6.07, 6.45) is -1.47. The van der Waals surface area contributed by atoms with Gasteiger partial charge in [0, 0.05) is 11.8 Å². The van der Waals surface area contributed by atoms with Gasteiger partial charge in [0.15, 0.2) is 0 Å². The van der Waals surface area contributed by atoms with Crippen molar-refractivity contribution >= 4 is 23.9 Å². The highest BCUT2D eigenvalue weighted by Crippen LogP contribution is 2.33. The lowest BCUT2D eigenvalue weighted by Gasteiger charge is -2.19. The first kappa shape index (κ1) is 25.4. The van der Waals surface area contributed by atoms with E-state index in [1.54, 1.807) is 48.5 Å². The lowest BCUT2D eigenvalue weighted by atomic mass is 9.91. The highest BCUT2D eigenvalue weighted by Gasteiger charge is 2.27. The van der Waals surface area contributed by atoms with Crippen LogP contribution in [0.5, 0.6) is 11.5 Å². The van der Waals surface area contributed by atoms with Crippen LogP contribution >= 0.6 is 0 Å². The number of hydrogen-bond acceptors (Lipinski definition) is 7.